The van der Waals surface area contributed by atoms with Crippen molar-refractivity contribution in [2.75, 3.05) is 7.11 Å². The zero-order valence-corrected chi connectivity index (χ0v) is 12.9. The van der Waals surface area contributed by atoms with Gasteiger partial charge in [0.1, 0.15) is 5.75 Å². The fraction of sp³-hybridized carbons (Fsp3) is 0.294. The molecule has 0 aliphatic heterocycles. The lowest BCUT2D eigenvalue weighted by Crippen LogP contribution is -2.37. The molecule has 1 aromatic carbocycles. The number of hydrogen-bond acceptors (Lipinski definition) is 3. The number of nitrogens with zero attached hydrogens (tertiary/aromatic N) is 1. The summed E-state index contributed by atoms with van der Waals surface area (Å²) >= 11 is 0. The summed E-state index contributed by atoms with van der Waals surface area (Å²) in [5, 5.41) is 5.82. The fourth-order valence-corrected chi connectivity index (χ4v) is 2.15. The van der Waals surface area contributed by atoms with Crippen LogP contribution in [0.4, 0.5) is 4.79 Å². The molecule has 1 unspecified atom stereocenters. The number of carbonyl (C=O) groups is 1. The summed E-state index contributed by atoms with van der Waals surface area (Å²) in [5.41, 5.74) is 2.02. The topological polar surface area (TPSA) is 63.2 Å². The molecule has 2 amide bonds. The van der Waals surface area contributed by atoms with Crippen LogP contribution >= 0.6 is 0 Å². The van der Waals surface area contributed by atoms with Gasteiger partial charge in [-0.2, -0.15) is 0 Å². The van der Waals surface area contributed by atoms with Crippen molar-refractivity contribution in [2.45, 2.75) is 25.9 Å². The number of aromatic nitrogens is 1. The van der Waals surface area contributed by atoms with Gasteiger partial charge in [-0.15, -0.1) is 0 Å². The quantitative estimate of drug-likeness (QED) is 0.861. The molecule has 2 N–H and O–H groups in total. The predicted molar refractivity (Wildman–Crippen MR) is 85.6 cm³/mol. The summed E-state index contributed by atoms with van der Waals surface area (Å²) in [5.74, 6) is 0.805. The van der Waals surface area contributed by atoms with Crippen molar-refractivity contribution >= 4 is 6.03 Å². The van der Waals surface area contributed by atoms with Crippen molar-refractivity contribution in [3.8, 4) is 5.75 Å². The maximum atomic E-state index is 12.0. The van der Waals surface area contributed by atoms with E-state index in [0.717, 1.165) is 23.3 Å². The molecule has 0 fully saturated rings. The second-order valence-corrected chi connectivity index (χ2v) is 4.92. The predicted octanol–water partition coefficient (Wildman–Crippen LogP) is 3.04. The second kappa shape index (κ2) is 8.02. The first-order chi connectivity index (χ1) is 10.7. The molecule has 5 nitrogen and oxygen atoms in total. The van der Waals surface area contributed by atoms with Gasteiger partial charge in [0.15, 0.2) is 0 Å². The first-order valence-corrected chi connectivity index (χ1v) is 7.30. The van der Waals surface area contributed by atoms with Crippen LogP contribution in [0.5, 0.6) is 5.75 Å². The van der Waals surface area contributed by atoms with Crippen molar-refractivity contribution in [2.24, 2.45) is 0 Å². The Morgan fingerprint density at radius 1 is 1.27 bits per heavy atom. The van der Waals surface area contributed by atoms with Gasteiger partial charge < -0.3 is 15.4 Å². The molecule has 2 rings (SSSR count). The Balaban J connectivity index is 1.90. The normalized spacial score (nSPS) is 11.5. The summed E-state index contributed by atoms with van der Waals surface area (Å²) in [6.07, 6.45) is 4.26. The molecule has 0 radical (unpaired) electrons. The van der Waals surface area contributed by atoms with Crippen LogP contribution in [0.25, 0.3) is 0 Å². The first-order valence-electron chi connectivity index (χ1n) is 7.30. The van der Waals surface area contributed by atoms with Crippen LogP contribution in [0.1, 0.15) is 30.5 Å². The largest absolute Gasteiger partial charge is 0.497 e. The van der Waals surface area contributed by atoms with Crippen LogP contribution in [-0.2, 0) is 6.54 Å². The van der Waals surface area contributed by atoms with Crippen molar-refractivity contribution in [3.05, 3.63) is 59.9 Å². The zero-order valence-electron chi connectivity index (χ0n) is 12.9. The highest BCUT2D eigenvalue weighted by molar-refractivity contribution is 5.74. The summed E-state index contributed by atoms with van der Waals surface area (Å²) < 4.78 is 5.15. The van der Waals surface area contributed by atoms with Crippen LogP contribution in [-0.4, -0.2) is 18.1 Å². The molecule has 0 bridgehead atoms. The Hall–Kier alpha value is -2.56. The molecule has 2 aromatic rings. The molecule has 0 spiro atoms. The standard InChI is InChI=1S/C17H21N3O2/c1-3-16(14-6-8-15(22-2)9-7-14)20-17(21)19-12-13-5-4-10-18-11-13/h4-11,16H,3,12H2,1-2H3,(H2,19,20,21). The number of ether oxygens (including phenoxy) is 1. The molecular weight excluding hydrogens is 278 g/mol. The lowest BCUT2D eigenvalue weighted by atomic mass is 10.0. The van der Waals surface area contributed by atoms with E-state index in [1.807, 2.05) is 43.3 Å². The van der Waals surface area contributed by atoms with Gasteiger partial charge in [0, 0.05) is 18.9 Å². The van der Waals surface area contributed by atoms with Gasteiger partial charge in [-0.25, -0.2) is 4.79 Å². The van der Waals surface area contributed by atoms with E-state index < -0.39 is 0 Å². The number of hydrogen-bond donors (Lipinski definition) is 2. The Morgan fingerprint density at radius 2 is 2.05 bits per heavy atom. The van der Waals surface area contributed by atoms with E-state index in [-0.39, 0.29) is 12.1 Å². The Morgan fingerprint density at radius 3 is 2.64 bits per heavy atom. The van der Waals surface area contributed by atoms with Gasteiger partial charge in [0.2, 0.25) is 0 Å². The van der Waals surface area contributed by atoms with Crippen molar-refractivity contribution < 1.29 is 9.53 Å². The van der Waals surface area contributed by atoms with Crippen LogP contribution in [0, 0.1) is 0 Å². The molecular formula is C17H21N3O2. The van der Waals surface area contributed by atoms with E-state index >= 15 is 0 Å². The van der Waals surface area contributed by atoms with Gasteiger partial charge >= 0.3 is 6.03 Å². The van der Waals surface area contributed by atoms with E-state index in [1.54, 1.807) is 19.5 Å². The van der Waals surface area contributed by atoms with Crippen LogP contribution in [0.3, 0.4) is 0 Å². The third kappa shape index (κ3) is 4.48. The van der Waals surface area contributed by atoms with Crippen LogP contribution in [0.15, 0.2) is 48.8 Å². The highest BCUT2D eigenvalue weighted by Gasteiger charge is 2.12. The molecule has 0 aliphatic rings. The summed E-state index contributed by atoms with van der Waals surface area (Å²) in [6, 6.07) is 11.3. The summed E-state index contributed by atoms with van der Waals surface area (Å²) in [7, 11) is 1.64. The minimum absolute atomic E-state index is 0.0280. The van der Waals surface area contributed by atoms with E-state index in [1.165, 1.54) is 0 Å². The third-order valence-electron chi connectivity index (χ3n) is 3.41. The minimum atomic E-state index is -0.188. The molecule has 1 aromatic heterocycles. The number of amides is 2. The lowest BCUT2D eigenvalue weighted by Gasteiger charge is -2.18. The van der Waals surface area contributed by atoms with Gasteiger partial charge in [-0.3, -0.25) is 4.98 Å². The number of methoxy groups -OCH3 is 1. The maximum absolute atomic E-state index is 12.0. The number of pyridine rings is 1. The molecule has 1 atom stereocenters. The molecule has 116 valence electrons. The molecule has 0 saturated heterocycles. The minimum Gasteiger partial charge on any atom is -0.497 e. The van der Waals surface area contributed by atoms with Crippen molar-refractivity contribution in [3.63, 3.8) is 0 Å². The number of benzene rings is 1. The van der Waals surface area contributed by atoms with Crippen LogP contribution in [0.2, 0.25) is 0 Å². The molecule has 1 heterocycles. The van der Waals surface area contributed by atoms with E-state index in [4.69, 9.17) is 4.74 Å². The van der Waals surface area contributed by atoms with Crippen molar-refractivity contribution in [1.29, 1.82) is 0 Å². The van der Waals surface area contributed by atoms with E-state index in [0.29, 0.717) is 6.54 Å². The van der Waals surface area contributed by atoms with E-state index in [9.17, 15) is 4.79 Å². The van der Waals surface area contributed by atoms with E-state index in [2.05, 4.69) is 15.6 Å². The monoisotopic (exact) mass is 299 g/mol. The maximum Gasteiger partial charge on any atom is 0.315 e. The smallest absolute Gasteiger partial charge is 0.315 e. The number of rotatable bonds is 6. The average molecular weight is 299 g/mol. The number of carbonyl (C=O) groups excluding carboxylic acids is 1. The summed E-state index contributed by atoms with van der Waals surface area (Å²) in [6.45, 7) is 2.50. The highest BCUT2D eigenvalue weighted by atomic mass is 16.5. The van der Waals surface area contributed by atoms with Gasteiger partial charge in [-0.1, -0.05) is 25.1 Å². The first kappa shape index (κ1) is 15.8. The average Bonchev–Trinajstić information content (AvgIpc) is 2.59. The Kier molecular flexibility index (Phi) is 5.77. The van der Waals surface area contributed by atoms with Crippen molar-refractivity contribution in [1.82, 2.24) is 15.6 Å². The molecule has 0 aliphatic carbocycles. The SMILES string of the molecule is CCC(NC(=O)NCc1cccnc1)c1ccc(OC)cc1. The molecule has 22 heavy (non-hydrogen) atoms. The number of nitrogens with one attached hydrogen (secondary N) is 2. The Labute approximate surface area is 130 Å². The van der Waals surface area contributed by atoms with Gasteiger partial charge in [-0.05, 0) is 35.7 Å². The number of urea groups is 1. The Bertz CT molecular complexity index is 585. The fourth-order valence-electron chi connectivity index (χ4n) is 2.15. The van der Waals surface area contributed by atoms with Gasteiger partial charge in [0.05, 0.1) is 13.2 Å². The highest BCUT2D eigenvalue weighted by Crippen LogP contribution is 2.19. The second-order valence-electron chi connectivity index (χ2n) is 4.92. The zero-order chi connectivity index (χ0) is 15.8. The third-order valence-corrected chi connectivity index (χ3v) is 3.41. The molecule has 5 heteroatoms. The van der Waals surface area contributed by atoms with Crippen LogP contribution < -0.4 is 15.4 Å². The molecule has 0 saturated carbocycles. The van der Waals surface area contributed by atoms with Gasteiger partial charge in [0.25, 0.3) is 0 Å². The lowest BCUT2D eigenvalue weighted by molar-refractivity contribution is 0.236. The summed E-state index contributed by atoms with van der Waals surface area (Å²) in [4.78, 5) is 16.0.